The van der Waals surface area contributed by atoms with Crippen molar-refractivity contribution in [2.75, 3.05) is 26.4 Å². The first-order valence-electron chi connectivity index (χ1n) is 4.41. The summed E-state index contributed by atoms with van der Waals surface area (Å²) in [6.07, 6.45) is 5.55. The van der Waals surface area contributed by atoms with E-state index in [-0.39, 0.29) is 26.4 Å². The maximum Gasteiger partial charge on any atom is 0.0613 e. The van der Waals surface area contributed by atoms with E-state index >= 15 is 0 Å². The molecule has 4 nitrogen and oxygen atoms in total. The van der Waals surface area contributed by atoms with Crippen molar-refractivity contribution >= 4 is 0 Å². The van der Waals surface area contributed by atoms with Crippen molar-refractivity contribution in [1.82, 2.24) is 0 Å². The van der Waals surface area contributed by atoms with E-state index in [2.05, 4.69) is 0 Å². The Balaban J connectivity index is 0. The number of hydrogen-bond acceptors (Lipinski definition) is 4. The molecule has 0 aromatic rings. The molecule has 4 N–H and O–H groups in total. The summed E-state index contributed by atoms with van der Waals surface area (Å²) in [4.78, 5) is 0. The standard InChI is InChI=1S/C5H12O2.C4H8O2/c6-4-2-1-3-5-7;5-3-1-2-4-6/h6-7H,1-5H2;1-2,5-6H,3-4H2. The van der Waals surface area contributed by atoms with Crippen molar-refractivity contribution in [3.05, 3.63) is 12.2 Å². The van der Waals surface area contributed by atoms with Crippen LogP contribution < -0.4 is 0 Å². The zero-order valence-electron chi connectivity index (χ0n) is 7.89. The molecule has 0 aromatic carbocycles. The summed E-state index contributed by atoms with van der Waals surface area (Å²) in [6.45, 7) is 0.529. The van der Waals surface area contributed by atoms with Crippen molar-refractivity contribution in [1.29, 1.82) is 0 Å². The second-order valence-electron chi connectivity index (χ2n) is 2.34. The number of aliphatic hydroxyl groups is 4. The molecule has 0 rings (SSSR count). The summed E-state index contributed by atoms with van der Waals surface area (Å²) >= 11 is 0. The average molecular weight is 192 g/mol. The predicted molar refractivity (Wildman–Crippen MR) is 51.3 cm³/mol. The number of aliphatic hydroxyl groups excluding tert-OH is 4. The van der Waals surface area contributed by atoms with Crippen LogP contribution in [0.25, 0.3) is 0 Å². The third-order valence-electron chi connectivity index (χ3n) is 1.19. The highest BCUT2D eigenvalue weighted by Gasteiger charge is 1.81. The molecule has 0 aliphatic heterocycles. The Bertz CT molecular complexity index is 83.6. The number of unbranched alkanes of at least 4 members (excludes halogenated alkanes) is 2. The van der Waals surface area contributed by atoms with Crippen molar-refractivity contribution in [2.24, 2.45) is 0 Å². The molecule has 0 aromatic heterocycles. The van der Waals surface area contributed by atoms with Crippen molar-refractivity contribution in [3.63, 3.8) is 0 Å². The van der Waals surface area contributed by atoms with Crippen molar-refractivity contribution in [2.45, 2.75) is 19.3 Å². The summed E-state index contributed by atoms with van der Waals surface area (Å²) in [6, 6.07) is 0. The van der Waals surface area contributed by atoms with Gasteiger partial charge in [0.25, 0.3) is 0 Å². The highest BCUT2D eigenvalue weighted by molar-refractivity contribution is 4.78. The zero-order valence-corrected chi connectivity index (χ0v) is 7.89. The smallest absolute Gasteiger partial charge is 0.0613 e. The second kappa shape index (κ2) is 17.6. The van der Waals surface area contributed by atoms with E-state index < -0.39 is 0 Å². The Labute approximate surface area is 79.2 Å². The van der Waals surface area contributed by atoms with Gasteiger partial charge in [0.2, 0.25) is 0 Å². The molecule has 0 saturated carbocycles. The summed E-state index contributed by atoms with van der Waals surface area (Å²) in [5.41, 5.74) is 0. The van der Waals surface area contributed by atoms with Gasteiger partial charge in [0.1, 0.15) is 0 Å². The molecule has 80 valence electrons. The molecule has 0 fully saturated rings. The average Bonchev–Trinajstić information content (AvgIpc) is 2.17. The van der Waals surface area contributed by atoms with Gasteiger partial charge in [0, 0.05) is 13.2 Å². The van der Waals surface area contributed by atoms with Gasteiger partial charge in [-0.05, 0) is 19.3 Å². The van der Waals surface area contributed by atoms with Crippen LogP contribution in [0.5, 0.6) is 0 Å². The van der Waals surface area contributed by atoms with Crippen LogP contribution in [0, 0.1) is 0 Å². The van der Waals surface area contributed by atoms with Gasteiger partial charge in [-0.2, -0.15) is 0 Å². The highest BCUT2D eigenvalue weighted by Crippen LogP contribution is 1.90. The molecule has 0 spiro atoms. The lowest BCUT2D eigenvalue weighted by Gasteiger charge is -1.90. The van der Waals surface area contributed by atoms with E-state index in [0.717, 1.165) is 19.3 Å². The quantitative estimate of drug-likeness (QED) is 0.343. The monoisotopic (exact) mass is 192 g/mol. The number of rotatable bonds is 6. The zero-order chi connectivity index (χ0) is 10.4. The molecule has 4 heteroatoms. The molecule has 0 heterocycles. The molecule has 0 amide bonds. The van der Waals surface area contributed by atoms with Gasteiger partial charge in [-0.15, -0.1) is 0 Å². The molecular formula is C9H20O4. The summed E-state index contributed by atoms with van der Waals surface area (Å²) in [5.74, 6) is 0. The number of hydrogen-bond donors (Lipinski definition) is 4. The van der Waals surface area contributed by atoms with E-state index in [1.807, 2.05) is 0 Å². The van der Waals surface area contributed by atoms with Crippen molar-refractivity contribution < 1.29 is 20.4 Å². The third kappa shape index (κ3) is 24.5. The van der Waals surface area contributed by atoms with Crippen molar-refractivity contribution in [3.8, 4) is 0 Å². The summed E-state index contributed by atoms with van der Waals surface area (Å²) in [7, 11) is 0. The van der Waals surface area contributed by atoms with Gasteiger partial charge in [-0.25, -0.2) is 0 Å². The van der Waals surface area contributed by atoms with Gasteiger partial charge in [0.15, 0.2) is 0 Å². The van der Waals surface area contributed by atoms with E-state index in [1.165, 1.54) is 12.2 Å². The summed E-state index contributed by atoms with van der Waals surface area (Å²) in [5, 5.41) is 32.4. The third-order valence-corrected chi connectivity index (χ3v) is 1.19. The van der Waals surface area contributed by atoms with Crippen LogP contribution in [0.3, 0.4) is 0 Å². The molecule has 0 atom stereocenters. The fraction of sp³-hybridized carbons (Fsp3) is 0.778. The van der Waals surface area contributed by atoms with E-state index in [1.54, 1.807) is 0 Å². The Kier molecular flexibility index (Phi) is 20.4. The van der Waals surface area contributed by atoms with Gasteiger partial charge >= 0.3 is 0 Å². The molecule has 0 unspecified atom stereocenters. The van der Waals surface area contributed by atoms with Gasteiger partial charge < -0.3 is 20.4 Å². The van der Waals surface area contributed by atoms with E-state index in [0.29, 0.717) is 0 Å². The lowest BCUT2D eigenvalue weighted by molar-refractivity contribution is 0.257. The maximum absolute atomic E-state index is 8.21. The minimum Gasteiger partial charge on any atom is -0.396 e. The van der Waals surface area contributed by atoms with Crippen LogP contribution in [-0.2, 0) is 0 Å². The molecule has 13 heavy (non-hydrogen) atoms. The Hall–Kier alpha value is -0.420. The minimum absolute atomic E-state index is 0.0144. The molecular weight excluding hydrogens is 172 g/mol. The Morgan fingerprint density at radius 1 is 0.615 bits per heavy atom. The fourth-order valence-corrected chi connectivity index (χ4v) is 0.549. The van der Waals surface area contributed by atoms with Gasteiger partial charge in [-0.1, -0.05) is 12.2 Å². The first kappa shape index (κ1) is 15.1. The van der Waals surface area contributed by atoms with Crippen LogP contribution in [0.4, 0.5) is 0 Å². The Morgan fingerprint density at radius 2 is 1.00 bits per heavy atom. The van der Waals surface area contributed by atoms with Gasteiger partial charge in [0.05, 0.1) is 13.2 Å². The van der Waals surface area contributed by atoms with Crippen LogP contribution in [0.15, 0.2) is 12.2 Å². The Morgan fingerprint density at radius 3 is 1.23 bits per heavy atom. The van der Waals surface area contributed by atoms with E-state index in [9.17, 15) is 0 Å². The summed E-state index contributed by atoms with van der Waals surface area (Å²) < 4.78 is 0. The van der Waals surface area contributed by atoms with Crippen LogP contribution in [0.1, 0.15) is 19.3 Å². The molecule has 0 radical (unpaired) electrons. The second-order valence-corrected chi connectivity index (χ2v) is 2.34. The molecule has 0 bridgehead atoms. The predicted octanol–water partition coefficient (Wildman–Crippen LogP) is -0.332. The normalized spacial score (nSPS) is 9.85. The topological polar surface area (TPSA) is 80.9 Å². The van der Waals surface area contributed by atoms with Crippen LogP contribution >= 0.6 is 0 Å². The highest BCUT2D eigenvalue weighted by atomic mass is 16.3. The largest absolute Gasteiger partial charge is 0.396 e. The van der Waals surface area contributed by atoms with Crippen LogP contribution in [-0.4, -0.2) is 46.9 Å². The van der Waals surface area contributed by atoms with E-state index in [4.69, 9.17) is 20.4 Å². The molecule has 0 saturated heterocycles. The molecule has 0 aliphatic rings. The lowest BCUT2D eigenvalue weighted by atomic mass is 10.2. The first-order valence-corrected chi connectivity index (χ1v) is 4.41. The van der Waals surface area contributed by atoms with Gasteiger partial charge in [-0.3, -0.25) is 0 Å². The SMILES string of the molecule is OCC=CCO.OCCCCCO. The lowest BCUT2D eigenvalue weighted by Crippen LogP contribution is -1.85. The molecule has 0 aliphatic carbocycles. The maximum atomic E-state index is 8.21. The first-order chi connectivity index (χ1) is 6.33. The van der Waals surface area contributed by atoms with Crippen LogP contribution in [0.2, 0.25) is 0 Å². The minimum atomic E-state index is 0.0144. The fourth-order valence-electron chi connectivity index (χ4n) is 0.549.